The van der Waals surface area contributed by atoms with Gasteiger partial charge in [-0.2, -0.15) is 0 Å². The molecule has 0 unspecified atom stereocenters. The van der Waals surface area contributed by atoms with Crippen LogP contribution in [0.4, 0.5) is 0 Å². The van der Waals surface area contributed by atoms with Crippen molar-refractivity contribution in [1.82, 2.24) is 0 Å². The van der Waals surface area contributed by atoms with Gasteiger partial charge in [-0.1, -0.05) is 0 Å². The summed E-state index contributed by atoms with van der Waals surface area (Å²) >= 11 is 0. The SMILES string of the molecule is O=P([O-])([O-])O[O-].[Ca+2].[Na+]. The molecule has 0 aliphatic rings. The molecule has 5 nitrogen and oxygen atoms in total. The molecule has 38 valence electrons. The first-order valence-corrected chi connectivity index (χ1v) is 2.36. The zero-order valence-corrected chi connectivity index (χ0v) is 9.30. The first-order valence-electron chi connectivity index (χ1n) is 0.897. The van der Waals surface area contributed by atoms with Crippen LogP contribution >= 0.6 is 7.82 Å². The van der Waals surface area contributed by atoms with Gasteiger partial charge in [0.2, 0.25) is 0 Å². The molecular weight excluding hydrogens is 174 g/mol. The molecule has 0 amide bonds. The number of phosphoric acid groups is 1. The molecule has 0 aromatic heterocycles. The van der Waals surface area contributed by atoms with Gasteiger partial charge in [-0.3, -0.25) is 0 Å². The van der Waals surface area contributed by atoms with E-state index in [-0.39, 0.29) is 67.3 Å². The van der Waals surface area contributed by atoms with Crippen LogP contribution in [0.25, 0.3) is 0 Å². The van der Waals surface area contributed by atoms with Crippen molar-refractivity contribution in [3.05, 3.63) is 0 Å². The topological polar surface area (TPSA) is 95.5 Å². The first-order chi connectivity index (χ1) is 2.56. The second kappa shape index (κ2) is 7.44. The van der Waals surface area contributed by atoms with E-state index in [9.17, 15) is 0 Å². The van der Waals surface area contributed by atoms with Crippen LogP contribution in [0.3, 0.4) is 0 Å². The van der Waals surface area contributed by atoms with E-state index in [4.69, 9.17) is 19.6 Å². The maximum atomic E-state index is 8.94. The number of rotatable bonds is 1. The molecule has 0 bridgehead atoms. The minimum Gasteiger partial charge on any atom is -0.790 e. The van der Waals surface area contributed by atoms with Crippen LogP contribution in [-0.4, -0.2) is 37.7 Å². The van der Waals surface area contributed by atoms with Crippen molar-refractivity contribution in [3.63, 3.8) is 0 Å². The van der Waals surface area contributed by atoms with Gasteiger partial charge < -0.3 is 24.3 Å². The van der Waals surface area contributed by atoms with E-state index in [0.717, 1.165) is 0 Å². The third-order valence-corrected chi connectivity index (χ3v) is 0.274. The first kappa shape index (κ1) is 16.7. The van der Waals surface area contributed by atoms with E-state index in [2.05, 4.69) is 4.67 Å². The van der Waals surface area contributed by atoms with Crippen LogP contribution in [0.1, 0.15) is 0 Å². The molecule has 0 saturated carbocycles. The molecule has 0 radical (unpaired) electrons. The summed E-state index contributed by atoms with van der Waals surface area (Å²) in [7, 11) is -5.20. The Hall–Kier alpha value is 2.33. The quantitative estimate of drug-likeness (QED) is 0.170. The Balaban J connectivity index is -0.000000125. The van der Waals surface area contributed by atoms with Gasteiger partial charge >= 0.3 is 67.3 Å². The summed E-state index contributed by atoms with van der Waals surface area (Å²) in [6, 6.07) is 0. The predicted octanol–water partition coefficient (Wildman–Crippen LogP) is -6.27. The normalized spacial score (nSPS) is 8.88. The molecule has 0 N–H and O–H groups in total. The molecular formula is CaNaO5P. The van der Waals surface area contributed by atoms with Crippen molar-refractivity contribution < 1.29 is 53.8 Å². The van der Waals surface area contributed by atoms with E-state index in [1.807, 2.05) is 0 Å². The molecule has 0 fully saturated rings. The zero-order chi connectivity index (χ0) is 5.21. The van der Waals surface area contributed by atoms with Crippen molar-refractivity contribution in [2.75, 3.05) is 0 Å². The van der Waals surface area contributed by atoms with Crippen LogP contribution in [0.5, 0.6) is 0 Å². The second-order valence-corrected chi connectivity index (χ2v) is 1.57. The standard InChI is InChI=1S/Ca.Na.H3O5P/c;;1-5-6(2,3)4/h;;1H,(H2,2,3,4)/q+2;+1;/p-3. The Labute approximate surface area is 97.9 Å². The third-order valence-electron chi connectivity index (χ3n) is 0.0913. The summed E-state index contributed by atoms with van der Waals surface area (Å²) in [5.41, 5.74) is 0. The Bertz CT molecular complexity index is 76.5. The van der Waals surface area contributed by atoms with Crippen molar-refractivity contribution in [2.24, 2.45) is 0 Å². The molecule has 0 atom stereocenters. The fraction of sp³-hybridized carbons (Fsp3) is 0. The van der Waals surface area contributed by atoms with E-state index in [1.165, 1.54) is 0 Å². The van der Waals surface area contributed by atoms with Gasteiger partial charge in [0, 0.05) is 7.82 Å². The summed E-state index contributed by atoms with van der Waals surface area (Å²) in [4.78, 5) is 17.9. The molecule has 0 aromatic rings. The van der Waals surface area contributed by atoms with Gasteiger partial charge in [0.1, 0.15) is 0 Å². The van der Waals surface area contributed by atoms with Gasteiger partial charge in [0.25, 0.3) is 0 Å². The van der Waals surface area contributed by atoms with Crippen molar-refractivity contribution >= 4 is 45.6 Å². The molecule has 0 aliphatic heterocycles. The molecule has 8 heavy (non-hydrogen) atoms. The summed E-state index contributed by atoms with van der Waals surface area (Å²) in [5.74, 6) is 0. The largest absolute Gasteiger partial charge is 2.00 e. The molecule has 0 aromatic carbocycles. The summed E-state index contributed by atoms with van der Waals surface area (Å²) in [6.45, 7) is 0. The van der Waals surface area contributed by atoms with E-state index >= 15 is 0 Å². The molecule has 0 heterocycles. The predicted molar refractivity (Wildman–Crippen MR) is 14.4 cm³/mol. The summed E-state index contributed by atoms with van der Waals surface area (Å²) < 4.78 is 11.1. The minimum atomic E-state index is -5.20. The van der Waals surface area contributed by atoms with Crippen LogP contribution < -0.4 is 44.6 Å². The molecule has 0 rings (SSSR count). The van der Waals surface area contributed by atoms with E-state index in [1.54, 1.807) is 0 Å². The van der Waals surface area contributed by atoms with Gasteiger partial charge in [-0.05, 0) is 0 Å². The minimum absolute atomic E-state index is 0. The fourth-order valence-corrected chi connectivity index (χ4v) is 0. The monoisotopic (exact) mass is 174 g/mol. The van der Waals surface area contributed by atoms with Gasteiger partial charge in [0.15, 0.2) is 0 Å². The summed E-state index contributed by atoms with van der Waals surface area (Å²) in [6.07, 6.45) is 0. The van der Waals surface area contributed by atoms with Gasteiger partial charge in [0.05, 0.1) is 0 Å². The molecule has 0 aliphatic carbocycles. The smallest absolute Gasteiger partial charge is 0.790 e. The van der Waals surface area contributed by atoms with Crippen molar-refractivity contribution in [1.29, 1.82) is 0 Å². The zero-order valence-electron chi connectivity index (χ0n) is 4.20. The van der Waals surface area contributed by atoms with Gasteiger partial charge in [-0.15, -0.1) is 0 Å². The van der Waals surface area contributed by atoms with Crippen LogP contribution in [0, 0.1) is 0 Å². The third kappa shape index (κ3) is 15.8. The van der Waals surface area contributed by atoms with Crippen LogP contribution in [0.2, 0.25) is 0 Å². The van der Waals surface area contributed by atoms with Crippen molar-refractivity contribution in [3.8, 4) is 0 Å². The number of hydrogen-bond acceptors (Lipinski definition) is 5. The Kier molecular flexibility index (Phi) is 15.6. The maximum absolute atomic E-state index is 8.94. The molecule has 8 heteroatoms. The Morgan fingerprint density at radius 3 is 1.50 bits per heavy atom. The van der Waals surface area contributed by atoms with E-state index < -0.39 is 7.82 Å². The Morgan fingerprint density at radius 1 is 1.38 bits per heavy atom. The molecule has 0 spiro atoms. The molecule has 0 saturated heterocycles. The maximum Gasteiger partial charge on any atom is 2.00 e. The fourth-order valence-electron chi connectivity index (χ4n) is 0. The van der Waals surface area contributed by atoms with Gasteiger partial charge in [-0.25, -0.2) is 0 Å². The van der Waals surface area contributed by atoms with Crippen molar-refractivity contribution in [2.45, 2.75) is 0 Å². The van der Waals surface area contributed by atoms with Crippen LogP contribution in [-0.2, 0) is 9.24 Å². The Morgan fingerprint density at radius 2 is 1.50 bits per heavy atom. The van der Waals surface area contributed by atoms with Crippen LogP contribution in [0.15, 0.2) is 0 Å². The average molecular weight is 174 g/mol. The van der Waals surface area contributed by atoms with E-state index in [0.29, 0.717) is 0 Å². The average Bonchev–Trinajstić information content (AvgIpc) is 1.35. The summed E-state index contributed by atoms with van der Waals surface area (Å²) in [5, 5.41) is 8.56. The second-order valence-electron chi connectivity index (χ2n) is 0.522. The number of hydrogen-bond donors (Lipinski definition) is 0.